The highest BCUT2D eigenvalue weighted by atomic mass is 19.3. The summed E-state index contributed by atoms with van der Waals surface area (Å²) in [6.45, 7) is -0.954. The summed E-state index contributed by atoms with van der Waals surface area (Å²) in [5, 5.41) is 3.13. The molecule has 0 saturated carbocycles. The molecule has 0 unspecified atom stereocenters. The van der Waals surface area contributed by atoms with Gasteiger partial charge in [0.05, 0.1) is 11.0 Å². The summed E-state index contributed by atoms with van der Waals surface area (Å²) < 4.78 is 30.8. The zero-order valence-corrected chi connectivity index (χ0v) is 14.9. The van der Waals surface area contributed by atoms with Crippen molar-refractivity contribution in [3.05, 3.63) is 66.5 Å². The molecule has 2 aromatic carbocycles. The largest absolute Gasteiger partial charge is 0.435 e. The summed E-state index contributed by atoms with van der Waals surface area (Å²) in [5.41, 5.74) is 9.07. The number of ether oxygens (including phenoxy) is 1. The van der Waals surface area contributed by atoms with E-state index >= 15 is 0 Å². The predicted molar refractivity (Wildman–Crippen MR) is 104 cm³/mol. The fraction of sp³-hybridized carbons (Fsp3) is 0.100. The number of halogens is 2. The number of imidazole rings is 1. The molecule has 0 aliphatic carbocycles. The second kappa shape index (κ2) is 7.15. The number of fused-ring (bicyclic) bond motifs is 1. The van der Waals surface area contributed by atoms with Crippen LogP contribution in [0.15, 0.2) is 60.7 Å². The van der Waals surface area contributed by atoms with Crippen molar-refractivity contribution in [3.63, 3.8) is 0 Å². The number of nitrogens with two attached hydrogens (primary N) is 1. The molecule has 0 aliphatic heterocycles. The molecular weight excluding hydrogens is 364 g/mol. The first-order valence-corrected chi connectivity index (χ1v) is 8.53. The Kier molecular flexibility index (Phi) is 4.52. The van der Waals surface area contributed by atoms with E-state index in [2.05, 4.69) is 20.0 Å². The van der Waals surface area contributed by atoms with Gasteiger partial charge >= 0.3 is 6.61 Å². The summed E-state index contributed by atoms with van der Waals surface area (Å²) in [4.78, 5) is 9.19. The van der Waals surface area contributed by atoms with Crippen LogP contribution in [0.2, 0.25) is 0 Å². The molecule has 0 spiro atoms. The highest BCUT2D eigenvalue weighted by Gasteiger charge is 2.12. The molecule has 28 heavy (non-hydrogen) atoms. The van der Waals surface area contributed by atoms with E-state index in [0.717, 1.165) is 16.9 Å². The normalized spacial score (nSPS) is 11.1. The summed E-state index contributed by atoms with van der Waals surface area (Å²) in [6.07, 6.45) is 0. The smallest absolute Gasteiger partial charge is 0.387 e. The molecule has 0 atom stereocenters. The Morgan fingerprint density at radius 2 is 1.79 bits per heavy atom. The van der Waals surface area contributed by atoms with Crippen molar-refractivity contribution < 1.29 is 13.5 Å². The number of pyridine rings is 1. The molecule has 4 aromatic rings. The Hall–Kier alpha value is -3.68. The highest BCUT2D eigenvalue weighted by Crippen LogP contribution is 2.25. The Morgan fingerprint density at radius 1 is 1.04 bits per heavy atom. The number of hydrogen-bond donors (Lipinski definition) is 2. The molecule has 2 heterocycles. The van der Waals surface area contributed by atoms with Crippen LogP contribution >= 0.6 is 0 Å². The molecule has 6 nitrogen and oxygen atoms in total. The number of aromatic nitrogens is 3. The minimum absolute atomic E-state index is 0.0854. The first-order valence-electron chi connectivity index (χ1n) is 8.53. The Balaban J connectivity index is 1.67. The number of aryl methyl sites for hydroxylation is 1. The van der Waals surface area contributed by atoms with Gasteiger partial charge in [0.2, 0.25) is 0 Å². The Morgan fingerprint density at radius 3 is 2.54 bits per heavy atom. The number of rotatable bonds is 5. The fourth-order valence-electron chi connectivity index (χ4n) is 3.02. The Labute approximate surface area is 159 Å². The number of hydrogen-bond acceptors (Lipinski definition) is 5. The SMILES string of the molecule is Cc1nc2ccccc2n1-c1cc(N)cc(Nc2ccc(OC(F)F)cc2)n1. The lowest BCUT2D eigenvalue weighted by atomic mass is 10.3. The van der Waals surface area contributed by atoms with Gasteiger partial charge in [-0.25, -0.2) is 9.97 Å². The van der Waals surface area contributed by atoms with Gasteiger partial charge in [0, 0.05) is 23.5 Å². The lowest BCUT2D eigenvalue weighted by molar-refractivity contribution is -0.0498. The molecule has 0 amide bonds. The van der Waals surface area contributed by atoms with Gasteiger partial charge in [-0.3, -0.25) is 4.57 Å². The van der Waals surface area contributed by atoms with Gasteiger partial charge in [0.15, 0.2) is 0 Å². The third-order valence-corrected chi connectivity index (χ3v) is 4.14. The molecule has 2 aromatic heterocycles. The van der Waals surface area contributed by atoms with E-state index in [4.69, 9.17) is 5.73 Å². The monoisotopic (exact) mass is 381 g/mol. The summed E-state index contributed by atoms with van der Waals surface area (Å²) in [7, 11) is 0. The molecular formula is C20H17F2N5O. The van der Waals surface area contributed by atoms with Gasteiger partial charge in [-0.05, 0) is 43.3 Å². The summed E-state index contributed by atoms with van der Waals surface area (Å²) in [6, 6.07) is 17.4. The average Bonchev–Trinajstić information content (AvgIpc) is 2.98. The van der Waals surface area contributed by atoms with Crippen LogP contribution in [-0.2, 0) is 0 Å². The second-order valence-electron chi connectivity index (χ2n) is 6.15. The molecule has 0 fully saturated rings. The highest BCUT2D eigenvalue weighted by molar-refractivity contribution is 5.78. The van der Waals surface area contributed by atoms with Crippen LogP contribution < -0.4 is 15.8 Å². The molecule has 0 bridgehead atoms. The first-order chi connectivity index (χ1) is 13.5. The van der Waals surface area contributed by atoms with E-state index in [-0.39, 0.29) is 5.75 Å². The van der Waals surface area contributed by atoms with Crippen LogP contribution in [0.3, 0.4) is 0 Å². The quantitative estimate of drug-likeness (QED) is 0.526. The lowest BCUT2D eigenvalue weighted by Crippen LogP contribution is -2.04. The van der Waals surface area contributed by atoms with Gasteiger partial charge < -0.3 is 15.8 Å². The van der Waals surface area contributed by atoms with Gasteiger partial charge in [-0.1, -0.05) is 12.1 Å². The number of para-hydroxylation sites is 2. The van der Waals surface area contributed by atoms with Crippen LogP contribution in [0.4, 0.5) is 26.0 Å². The number of alkyl halides is 2. The van der Waals surface area contributed by atoms with Crippen LogP contribution in [0.25, 0.3) is 16.9 Å². The molecule has 142 valence electrons. The van der Waals surface area contributed by atoms with Crippen molar-refractivity contribution in [1.29, 1.82) is 0 Å². The van der Waals surface area contributed by atoms with E-state index in [1.807, 2.05) is 35.8 Å². The van der Waals surface area contributed by atoms with Crippen molar-refractivity contribution in [2.45, 2.75) is 13.5 Å². The predicted octanol–water partition coefficient (Wildman–Crippen LogP) is 4.66. The zero-order chi connectivity index (χ0) is 19.7. The number of nitrogens with one attached hydrogen (secondary N) is 1. The van der Waals surface area contributed by atoms with Crippen LogP contribution in [0.5, 0.6) is 5.75 Å². The fourth-order valence-corrected chi connectivity index (χ4v) is 3.02. The van der Waals surface area contributed by atoms with Crippen molar-refractivity contribution >= 4 is 28.2 Å². The summed E-state index contributed by atoms with van der Waals surface area (Å²) >= 11 is 0. The van der Waals surface area contributed by atoms with E-state index in [0.29, 0.717) is 23.0 Å². The van der Waals surface area contributed by atoms with Crippen molar-refractivity contribution in [1.82, 2.24) is 14.5 Å². The molecule has 3 N–H and O–H groups in total. The molecule has 0 saturated heterocycles. The second-order valence-corrected chi connectivity index (χ2v) is 6.15. The van der Waals surface area contributed by atoms with Gasteiger partial charge in [-0.15, -0.1) is 0 Å². The lowest BCUT2D eigenvalue weighted by Gasteiger charge is -2.12. The molecule has 0 radical (unpaired) electrons. The van der Waals surface area contributed by atoms with Crippen LogP contribution in [0, 0.1) is 6.92 Å². The van der Waals surface area contributed by atoms with E-state index in [9.17, 15) is 8.78 Å². The van der Waals surface area contributed by atoms with Gasteiger partial charge in [0.25, 0.3) is 0 Å². The average molecular weight is 381 g/mol. The molecule has 4 rings (SSSR count). The maximum Gasteiger partial charge on any atom is 0.387 e. The minimum atomic E-state index is -2.86. The van der Waals surface area contributed by atoms with Crippen LogP contribution in [-0.4, -0.2) is 21.1 Å². The van der Waals surface area contributed by atoms with Crippen molar-refractivity contribution in [2.24, 2.45) is 0 Å². The third-order valence-electron chi connectivity index (χ3n) is 4.14. The van der Waals surface area contributed by atoms with E-state index < -0.39 is 6.61 Å². The van der Waals surface area contributed by atoms with E-state index in [1.165, 1.54) is 12.1 Å². The van der Waals surface area contributed by atoms with Gasteiger partial charge in [-0.2, -0.15) is 8.78 Å². The standard InChI is InChI=1S/C20H17F2N5O/c1-12-24-16-4-2-3-5-17(16)27(12)19-11-13(23)10-18(26-19)25-14-6-8-15(9-7-14)28-20(21)22/h2-11,20H,1H3,(H3,23,25,26). The molecule has 0 aliphatic rings. The van der Waals surface area contributed by atoms with Crippen molar-refractivity contribution in [2.75, 3.05) is 11.1 Å². The van der Waals surface area contributed by atoms with Crippen LogP contribution in [0.1, 0.15) is 5.82 Å². The van der Waals surface area contributed by atoms with Crippen molar-refractivity contribution in [3.8, 4) is 11.6 Å². The minimum Gasteiger partial charge on any atom is -0.435 e. The zero-order valence-electron chi connectivity index (χ0n) is 14.9. The van der Waals surface area contributed by atoms with Gasteiger partial charge in [0.1, 0.15) is 23.2 Å². The number of benzene rings is 2. The maximum atomic E-state index is 12.3. The molecule has 8 heteroatoms. The number of nitrogen functional groups attached to an aromatic ring is 1. The first kappa shape index (κ1) is 17.7. The number of nitrogens with zero attached hydrogens (tertiary/aromatic N) is 3. The summed E-state index contributed by atoms with van der Waals surface area (Å²) in [5.74, 6) is 2.03. The number of anilines is 3. The topological polar surface area (TPSA) is 78.0 Å². The third kappa shape index (κ3) is 3.57. The Bertz CT molecular complexity index is 1130. The maximum absolute atomic E-state index is 12.3. The van der Waals surface area contributed by atoms with E-state index in [1.54, 1.807) is 24.3 Å².